The quantitative estimate of drug-likeness (QED) is 0.778. The number of hydrogen-bond donors (Lipinski definition) is 1. The molecule has 76 valence electrons. The van der Waals surface area contributed by atoms with Gasteiger partial charge in [-0.15, -0.1) is 0 Å². The summed E-state index contributed by atoms with van der Waals surface area (Å²) in [6.45, 7) is 3.68. The van der Waals surface area contributed by atoms with Gasteiger partial charge in [0, 0.05) is 6.92 Å². The summed E-state index contributed by atoms with van der Waals surface area (Å²) in [6.07, 6.45) is 2.06. The lowest BCUT2D eigenvalue weighted by molar-refractivity contribution is -0.119. The van der Waals surface area contributed by atoms with Gasteiger partial charge < -0.3 is 5.32 Å². The predicted octanol–water partition coefficient (Wildman–Crippen LogP) is 2.66. The lowest BCUT2D eigenvalue weighted by Crippen LogP contribution is -2.25. The molecule has 2 nitrogen and oxygen atoms in total. The molecule has 1 aromatic carbocycles. The van der Waals surface area contributed by atoms with Crippen LogP contribution >= 0.6 is 0 Å². The van der Waals surface area contributed by atoms with Crippen molar-refractivity contribution in [3.63, 3.8) is 0 Å². The highest BCUT2D eigenvalue weighted by Crippen LogP contribution is 2.17. The second kappa shape index (κ2) is 5.43. The van der Waals surface area contributed by atoms with E-state index in [1.54, 1.807) is 6.92 Å². The Morgan fingerprint density at radius 1 is 1.36 bits per heavy atom. The molecule has 0 aromatic heterocycles. The molecule has 0 spiro atoms. The molecule has 1 aromatic rings. The molecule has 1 atom stereocenters. The molecule has 14 heavy (non-hydrogen) atoms. The monoisotopic (exact) mass is 191 g/mol. The number of hydrogen-bond acceptors (Lipinski definition) is 1. The van der Waals surface area contributed by atoms with Gasteiger partial charge in [0.25, 0.3) is 0 Å². The first-order valence-electron chi connectivity index (χ1n) is 5.06. The van der Waals surface area contributed by atoms with Crippen LogP contribution in [0.25, 0.3) is 0 Å². The van der Waals surface area contributed by atoms with Crippen LogP contribution in [0, 0.1) is 0 Å². The summed E-state index contributed by atoms with van der Waals surface area (Å²) in [6, 6.07) is 10.3. The van der Waals surface area contributed by atoms with E-state index in [9.17, 15) is 4.79 Å². The van der Waals surface area contributed by atoms with Crippen LogP contribution in [0.1, 0.15) is 38.3 Å². The van der Waals surface area contributed by atoms with E-state index in [1.807, 2.05) is 18.2 Å². The molecule has 2 heteroatoms. The molecular formula is C12H17NO. The zero-order valence-electron chi connectivity index (χ0n) is 8.79. The third-order valence-electron chi connectivity index (χ3n) is 2.16. The van der Waals surface area contributed by atoms with Crippen molar-refractivity contribution in [2.75, 3.05) is 0 Å². The molecule has 0 saturated carbocycles. The molecule has 1 N–H and O–H groups in total. The van der Waals surface area contributed by atoms with Crippen molar-refractivity contribution in [2.45, 2.75) is 32.7 Å². The van der Waals surface area contributed by atoms with Crippen LogP contribution in [0.15, 0.2) is 30.3 Å². The first-order chi connectivity index (χ1) is 6.74. The first-order valence-corrected chi connectivity index (χ1v) is 5.06. The standard InChI is InChI=1S/C12H17NO/c1-3-7-12(13-10(2)14)11-8-5-4-6-9-11/h4-6,8-9,12H,3,7H2,1-2H3,(H,13,14). The van der Waals surface area contributed by atoms with Gasteiger partial charge in [-0.25, -0.2) is 0 Å². The van der Waals surface area contributed by atoms with E-state index in [0.717, 1.165) is 12.8 Å². The summed E-state index contributed by atoms with van der Waals surface area (Å²) in [5.41, 5.74) is 1.18. The van der Waals surface area contributed by atoms with Crippen molar-refractivity contribution in [1.29, 1.82) is 0 Å². The van der Waals surface area contributed by atoms with E-state index in [1.165, 1.54) is 5.56 Å². The topological polar surface area (TPSA) is 29.1 Å². The zero-order valence-corrected chi connectivity index (χ0v) is 8.79. The fraction of sp³-hybridized carbons (Fsp3) is 0.417. The summed E-state index contributed by atoms with van der Waals surface area (Å²) in [4.78, 5) is 11.0. The molecule has 1 rings (SSSR count). The maximum atomic E-state index is 11.0. The van der Waals surface area contributed by atoms with Crippen LogP contribution in [-0.4, -0.2) is 5.91 Å². The fourth-order valence-corrected chi connectivity index (χ4v) is 1.54. The van der Waals surface area contributed by atoms with Crippen molar-refractivity contribution < 1.29 is 4.79 Å². The smallest absolute Gasteiger partial charge is 0.217 e. The Kier molecular flexibility index (Phi) is 4.17. The van der Waals surface area contributed by atoms with Crippen molar-refractivity contribution in [1.82, 2.24) is 5.32 Å². The molecular weight excluding hydrogens is 174 g/mol. The largest absolute Gasteiger partial charge is 0.350 e. The van der Waals surface area contributed by atoms with Crippen molar-refractivity contribution in [3.8, 4) is 0 Å². The minimum atomic E-state index is 0.0345. The molecule has 1 unspecified atom stereocenters. The number of carbonyl (C=O) groups excluding carboxylic acids is 1. The molecule has 0 aliphatic heterocycles. The summed E-state index contributed by atoms with van der Waals surface area (Å²) in [5.74, 6) is 0.0345. The highest BCUT2D eigenvalue weighted by atomic mass is 16.1. The summed E-state index contributed by atoms with van der Waals surface area (Å²) in [5, 5.41) is 2.96. The highest BCUT2D eigenvalue weighted by molar-refractivity contribution is 5.73. The van der Waals surface area contributed by atoms with Gasteiger partial charge in [0.1, 0.15) is 0 Å². The summed E-state index contributed by atoms with van der Waals surface area (Å²) >= 11 is 0. The average Bonchev–Trinajstić information content (AvgIpc) is 2.18. The number of carbonyl (C=O) groups is 1. The number of nitrogens with one attached hydrogen (secondary N) is 1. The Labute approximate surface area is 85.3 Å². The molecule has 0 saturated heterocycles. The van der Waals surface area contributed by atoms with Gasteiger partial charge in [-0.3, -0.25) is 4.79 Å². The number of amides is 1. The maximum absolute atomic E-state index is 11.0. The van der Waals surface area contributed by atoms with E-state index >= 15 is 0 Å². The fourth-order valence-electron chi connectivity index (χ4n) is 1.54. The predicted molar refractivity (Wildman–Crippen MR) is 57.9 cm³/mol. The molecule has 0 aliphatic rings. The summed E-state index contributed by atoms with van der Waals surface area (Å²) in [7, 11) is 0. The van der Waals surface area contributed by atoms with Crippen molar-refractivity contribution in [2.24, 2.45) is 0 Å². The van der Waals surface area contributed by atoms with E-state index in [0.29, 0.717) is 0 Å². The van der Waals surface area contributed by atoms with Crippen LogP contribution in [0.3, 0.4) is 0 Å². The van der Waals surface area contributed by atoms with Gasteiger partial charge in [0.15, 0.2) is 0 Å². The maximum Gasteiger partial charge on any atom is 0.217 e. The van der Waals surface area contributed by atoms with E-state index in [-0.39, 0.29) is 11.9 Å². The second-order valence-electron chi connectivity index (χ2n) is 3.45. The first kappa shape index (κ1) is 10.8. The van der Waals surface area contributed by atoms with Gasteiger partial charge in [0.2, 0.25) is 5.91 Å². The Balaban J connectivity index is 2.72. The molecule has 0 bridgehead atoms. The van der Waals surface area contributed by atoms with E-state index < -0.39 is 0 Å². The molecule has 0 radical (unpaired) electrons. The third-order valence-corrected chi connectivity index (χ3v) is 2.16. The number of benzene rings is 1. The molecule has 0 fully saturated rings. The minimum absolute atomic E-state index is 0.0345. The van der Waals surface area contributed by atoms with Crippen LogP contribution in [0.5, 0.6) is 0 Å². The Morgan fingerprint density at radius 3 is 2.50 bits per heavy atom. The van der Waals surface area contributed by atoms with Crippen LogP contribution < -0.4 is 5.32 Å². The highest BCUT2D eigenvalue weighted by Gasteiger charge is 2.10. The van der Waals surface area contributed by atoms with E-state index in [2.05, 4.69) is 24.4 Å². The van der Waals surface area contributed by atoms with Crippen molar-refractivity contribution in [3.05, 3.63) is 35.9 Å². The molecule has 0 heterocycles. The van der Waals surface area contributed by atoms with Gasteiger partial charge in [-0.1, -0.05) is 43.7 Å². The Bertz CT molecular complexity index is 282. The molecule has 0 aliphatic carbocycles. The minimum Gasteiger partial charge on any atom is -0.350 e. The lowest BCUT2D eigenvalue weighted by atomic mass is 10.0. The van der Waals surface area contributed by atoms with Crippen molar-refractivity contribution >= 4 is 5.91 Å². The zero-order chi connectivity index (χ0) is 10.4. The number of rotatable bonds is 4. The van der Waals surface area contributed by atoms with E-state index in [4.69, 9.17) is 0 Å². The second-order valence-corrected chi connectivity index (χ2v) is 3.45. The summed E-state index contributed by atoms with van der Waals surface area (Å²) < 4.78 is 0. The van der Waals surface area contributed by atoms with Crippen LogP contribution in [0.2, 0.25) is 0 Å². The van der Waals surface area contributed by atoms with Crippen LogP contribution in [-0.2, 0) is 4.79 Å². The third kappa shape index (κ3) is 3.21. The van der Waals surface area contributed by atoms with Crippen LogP contribution in [0.4, 0.5) is 0 Å². The van der Waals surface area contributed by atoms with Gasteiger partial charge in [-0.2, -0.15) is 0 Å². The van der Waals surface area contributed by atoms with Gasteiger partial charge in [-0.05, 0) is 12.0 Å². The Morgan fingerprint density at radius 2 is 2.00 bits per heavy atom. The van der Waals surface area contributed by atoms with Gasteiger partial charge in [0.05, 0.1) is 6.04 Å². The Hall–Kier alpha value is -1.31. The molecule has 1 amide bonds. The normalized spacial score (nSPS) is 12.1. The van der Waals surface area contributed by atoms with Gasteiger partial charge >= 0.3 is 0 Å². The lowest BCUT2D eigenvalue weighted by Gasteiger charge is -2.17. The average molecular weight is 191 g/mol. The SMILES string of the molecule is CCCC(NC(C)=O)c1ccccc1.